The van der Waals surface area contributed by atoms with Crippen molar-refractivity contribution in [1.82, 2.24) is 9.62 Å². The number of amides is 1. The molecule has 2 rings (SSSR count). The molecule has 0 aliphatic carbocycles. The number of carbonyl (C=O) groups excluding carboxylic acids is 1. The number of halogens is 2. The molecule has 0 unspecified atom stereocenters. The summed E-state index contributed by atoms with van der Waals surface area (Å²) in [4.78, 5) is 13.8. The third kappa shape index (κ3) is 7.49. The molecule has 1 N–H and O–H groups in total. The van der Waals surface area contributed by atoms with Crippen LogP contribution in [0.4, 0.5) is 4.79 Å². The molecule has 0 bridgehead atoms. The van der Waals surface area contributed by atoms with Crippen LogP contribution in [0.1, 0.15) is 39.2 Å². The largest absolute Gasteiger partial charge is 0.444 e. The highest BCUT2D eigenvalue weighted by molar-refractivity contribution is 7.88. The van der Waals surface area contributed by atoms with Crippen molar-refractivity contribution in [2.75, 3.05) is 19.6 Å². The minimum atomic E-state index is -3.57. The topological polar surface area (TPSA) is 75.7 Å². The van der Waals surface area contributed by atoms with E-state index < -0.39 is 15.6 Å². The van der Waals surface area contributed by atoms with Crippen LogP contribution in [0.25, 0.3) is 0 Å². The Morgan fingerprint density at radius 2 is 2.04 bits per heavy atom. The number of nitrogens with zero attached hydrogens (tertiary/aromatic N) is 1. The van der Waals surface area contributed by atoms with Gasteiger partial charge in [0, 0.05) is 29.7 Å². The molecule has 27 heavy (non-hydrogen) atoms. The van der Waals surface area contributed by atoms with Gasteiger partial charge in [-0.2, -0.15) is 0 Å². The lowest BCUT2D eigenvalue weighted by Crippen LogP contribution is -2.45. The quantitative estimate of drug-likeness (QED) is 0.754. The smallest absolute Gasteiger partial charge is 0.410 e. The highest BCUT2D eigenvalue weighted by Crippen LogP contribution is 2.23. The van der Waals surface area contributed by atoms with Crippen molar-refractivity contribution in [2.45, 2.75) is 45.0 Å². The van der Waals surface area contributed by atoms with Gasteiger partial charge in [-0.3, -0.25) is 0 Å². The number of piperidine rings is 1. The highest BCUT2D eigenvalue weighted by Gasteiger charge is 2.28. The van der Waals surface area contributed by atoms with Gasteiger partial charge in [-0.15, -0.1) is 0 Å². The molecule has 6 nitrogen and oxygen atoms in total. The van der Waals surface area contributed by atoms with Crippen molar-refractivity contribution in [3.05, 3.63) is 33.8 Å². The van der Waals surface area contributed by atoms with Gasteiger partial charge in [0.25, 0.3) is 0 Å². The molecule has 1 aliphatic heterocycles. The Morgan fingerprint density at radius 3 is 2.70 bits per heavy atom. The van der Waals surface area contributed by atoms with Crippen molar-refractivity contribution < 1.29 is 17.9 Å². The maximum absolute atomic E-state index is 12.4. The second kappa shape index (κ2) is 8.99. The van der Waals surface area contributed by atoms with Crippen LogP contribution in [0.15, 0.2) is 18.2 Å². The summed E-state index contributed by atoms with van der Waals surface area (Å²) < 4.78 is 32.8. The van der Waals surface area contributed by atoms with Crippen molar-refractivity contribution in [2.24, 2.45) is 5.92 Å². The van der Waals surface area contributed by atoms with E-state index in [0.717, 1.165) is 12.8 Å². The van der Waals surface area contributed by atoms with Crippen LogP contribution in [-0.2, 0) is 20.5 Å². The van der Waals surface area contributed by atoms with Gasteiger partial charge in [0.2, 0.25) is 10.0 Å². The first-order valence-corrected chi connectivity index (χ1v) is 11.3. The summed E-state index contributed by atoms with van der Waals surface area (Å²) in [7, 11) is -3.57. The second-order valence-corrected chi connectivity index (χ2v) is 10.4. The molecule has 152 valence electrons. The van der Waals surface area contributed by atoms with E-state index in [9.17, 15) is 13.2 Å². The van der Waals surface area contributed by atoms with E-state index in [4.69, 9.17) is 27.9 Å². The van der Waals surface area contributed by atoms with Gasteiger partial charge >= 0.3 is 6.09 Å². The molecule has 1 aromatic carbocycles. The lowest BCUT2D eigenvalue weighted by atomic mass is 9.99. The van der Waals surface area contributed by atoms with Crippen LogP contribution in [0.5, 0.6) is 0 Å². The first-order chi connectivity index (χ1) is 12.5. The molecule has 0 radical (unpaired) electrons. The lowest BCUT2D eigenvalue weighted by molar-refractivity contribution is 0.0169. The van der Waals surface area contributed by atoms with Crippen LogP contribution < -0.4 is 4.72 Å². The molecule has 0 saturated carbocycles. The second-order valence-electron chi connectivity index (χ2n) is 7.78. The summed E-state index contributed by atoms with van der Waals surface area (Å²) in [5.41, 5.74) is -0.0994. The van der Waals surface area contributed by atoms with Crippen LogP contribution in [-0.4, -0.2) is 44.6 Å². The molecule has 0 spiro atoms. The standard InChI is InChI=1S/C18H26Cl2N2O4S/c1-18(2,3)26-17(23)22-8-4-5-13(11-22)10-21-27(24,25)12-14-9-15(19)6-7-16(14)20/h6-7,9,13,21H,4-5,8,10-12H2,1-3H3/t13-/m0/s1. The molecule has 1 aliphatic rings. The zero-order chi connectivity index (χ0) is 20.2. The average molecular weight is 437 g/mol. The summed E-state index contributed by atoms with van der Waals surface area (Å²) in [6, 6.07) is 4.74. The van der Waals surface area contributed by atoms with Crippen LogP contribution in [0.3, 0.4) is 0 Å². The Hall–Kier alpha value is -1.02. The van der Waals surface area contributed by atoms with Gasteiger partial charge in [0.05, 0.1) is 5.75 Å². The summed E-state index contributed by atoms with van der Waals surface area (Å²) in [5.74, 6) is -0.203. The number of ether oxygens (including phenoxy) is 1. The predicted molar refractivity (Wildman–Crippen MR) is 108 cm³/mol. The Morgan fingerprint density at radius 1 is 1.33 bits per heavy atom. The number of benzene rings is 1. The van der Waals surface area contributed by atoms with E-state index in [1.54, 1.807) is 23.1 Å². The molecule has 1 fully saturated rings. The normalized spacial score (nSPS) is 18.4. The van der Waals surface area contributed by atoms with E-state index in [-0.39, 0.29) is 24.3 Å². The fourth-order valence-electron chi connectivity index (χ4n) is 2.88. The minimum absolute atomic E-state index is 0.0378. The Bertz CT molecular complexity index is 778. The summed E-state index contributed by atoms with van der Waals surface area (Å²) in [5, 5.41) is 0.795. The van der Waals surface area contributed by atoms with Crippen LogP contribution in [0.2, 0.25) is 10.0 Å². The number of likely N-dealkylation sites (tertiary alicyclic amines) is 1. The highest BCUT2D eigenvalue weighted by atomic mass is 35.5. The Labute approximate surface area is 171 Å². The monoisotopic (exact) mass is 436 g/mol. The van der Waals surface area contributed by atoms with E-state index in [1.165, 1.54) is 0 Å². The Balaban J connectivity index is 1.91. The van der Waals surface area contributed by atoms with E-state index >= 15 is 0 Å². The zero-order valence-electron chi connectivity index (χ0n) is 15.8. The fourth-order valence-corrected chi connectivity index (χ4v) is 4.58. The van der Waals surface area contributed by atoms with Crippen molar-refractivity contribution in [3.63, 3.8) is 0 Å². The number of hydrogen-bond acceptors (Lipinski definition) is 4. The molecule has 1 atom stereocenters. The first-order valence-electron chi connectivity index (χ1n) is 8.84. The molecule has 0 aromatic heterocycles. The van der Waals surface area contributed by atoms with E-state index in [0.29, 0.717) is 28.7 Å². The van der Waals surface area contributed by atoms with Crippen molar-refractivity contribution >= 4 is 39.3 Å². The molecule has 1 aromatic rings. The van der Waals surface area contributed by atoms with Gasteiger partial charge in [0.1, 0.15) is 5.60 Å². The van der Waals surface area contributed by atoms with Crippen LogP contribution in [0, 0.1) is 5.92 Å². The number of carbonyl (C=O) groups is 1. The molecule has 9 heteroatoms. The summed E-state index contributed by atoms with van der Waals surface area (Å²) in [6.45, 7) is 6.82. The maximum Gasteiger partial charge on any atom is 0.410 e. The number of rotatable bonds is 5. The number of sulfonamides is 1. The van der Waals surface area contributed by atoms with E-state index in [2.05, 4.69) is 4.72 Å². The van der Waals surface area contributed by atoms with Crippen molar-refractivity contribution in [3.8, 4) is 0 Å². The summed E-state index contributed by atoms with van der Waals surface area (Å²) >= 11 is 12.0. The third-order valence-corrected chi connectivity index (χ3v) is 6.02. The molecule has 1 saturated heterocycles. The summed E-state index contributed by atoms with van der Waals surface area (Å²) in [6.07, 6.45) is 1.30. The SMILES string of the molecule is CC(C)(C)OC(=O)N1CCC[C@@H](CNS(=O)(=O)Cc2cc(Cl)ccc2Cl)C1. The Kier molecular flexibility index (Phi) is 7.41. The zero-order valence-corrected chi connectivity index (χ0v) is 18.1. The van der Waals surface area contributed by atoms with Gasteiger partial charge in [-0.05, 0) is 63.3 Å². The first kappa shape index (κ1) is 22.3. The number of hydrogen-bond donors (Lipinski definition) is 1. The van der Waals surface area contributed by atoms with Crippen molar-refractivity contribution in [1.29, 1.82) is 0 Å². The van der Waals surface area contributed by atoms with Gasteiger partial charge < -0.3 is 9.64 Å². The molecular weight excluding hydrogens is 411 g/mol. The maximum atomic E-state index is 12.4. The predicted octanol–water partition coefficient (Wildman–Crippen LogP) is 4.06. The average Bonchev–Trinajstić information content (AvgIpc) is 2.55. The lowest BCUT2D eigenvalue weighted by Gasteiger charge is -2.34. The van der Waals surface area contributed by atoms with Crippen LogP contribution >= 0.6 is 23.2 Å². The fraction of sp³-hybridized carbons (Fsp3) is 0.611. The van der Waals surface area contributed by atoms with Gasteiger partial charge in [-0.25, -0.2) is 17.9 Å². The minimum Gasteiger partial charge on any atom is -0.444 e. The number of nitrogens with one attached hydrogen (secondary N) is 1. The molecule has 1 heterocycles. The molecule has 1 amide bonds. The van der Waals surface area contributed by atoms with E-state index in [1.807, 2.05) is 20.8 Å². The third-order valence-electron chi connectivity index (χ3n) is 4.12. The molecular formula is C18H26Cl2N2O4S. The van der Waals surface area contributed by atoms with Gasteiger partial charge in [0.15, 0.2) is 0 Å². The van der Waals surface area contributed by atoms with Gasteiger partial charge in [-0.1, -0.05) is 23.2 Å².